The zero-order valence-corrected chi connectivity index (χ0v) is 12.5. The molecule has 1 amide bonds. The van der Waals surface area contributed by atoms with E-state index in [1.807, 2.05) is 36.4 Å². The average Bonchev–Trinajstić information content (AvgIpc) is 2.54. The molecule has 21 heavy (non-hydrogen) atoms. The van der Waals surface area contributed by atoms with Gasteiger partial charge in [-0.25, -0.2) is 4.79 Å². The first-order valence-electron chi connectivity index (χ1n) is 7.35. The lowest BCUT2D eigenvalue weighted by Crippen LogP contribution is -2.47. The molecule has 1 saturated heterocycles. The molecule has 0 spiro atoms. The number of amides is 1. The predicted molar refractivity (Wildman–Crippen MR) is 82.0 cm³/mol. The van der Waals surface area contributed by atoms with Crippen LogP contribution in [-0.2, 0) is 16.1 Å². The summed E-state index contributed by atoms with van der Waals surface area (Å²) in [6.07, 6.45) is 4.27. The van der Waals surface area contributed by atoms with Gasteiger partial charge < -0.3 is 14.4 Å². The predicted octanol–water partition coefficient (Wildman–Crippen LogP) is 3.38. The second-order valence-corrected chi connectivity index (χ2v) is 5.29. The van der Waals surface area contributed by atoms with Crippen molar-refractivity contribution in [3.8, 4) is 0 Å². The second kappa shape index (κ2) is 7.84. The van der Waals surface area contributed by atoms with Crippen LogP contribution in [0.15, 0.2) is 43.0 Å². The topological polar surface area (TPSA) is 38.8 Å². The van der Waals surface area contributed by atoms with Crippen molar-refractivity contribution >= 4 is 6.09 Å². The molecule has 2 unspecified atom stereocenters. The summed E-state index contributed by atoms with van der Waals surface area (Å²) in [6.45, 7) is 4.75. The molecule has 2 rings (SSSR count). The van der Waals surface area contributed by atoms with E-state index >= 15 is 0 Å². The lowest BCUT2D eigenvalue weighted by Gasteiger charge is -2.37. The normalized spacial score (nSPS) is 21.9. The van der Waals surface area contributed by atoms with Crippen molar-refractivity contribution in [3.63, 3.8) is 0 Å². The Labute approximate surface area is 126 Å². The number of benzene rings is 1. The maximum absolute atomic E-state index is 12.3. The summed E-state index contributed by atoms with van der Waals surface area (Å²) < 4.78 is 10.8. The summed E-state index contributed by atoms with van der Waals surface area (Å²) in [4.78, 5) is 14.1. The maximum Gasteiger partial charge on any atom is 0.410 e. The minimum atomic E-state index is -0.250. The van der Waals surface area contributed by atoms with Crippen molar-refractivity contribution in [3.05, 3.63) is 48.6 Å². The monoisotopic (exact) mass is 289 g/mol. The number of ether oxygens (including phenoxy) is 2. The molecule has 1 aromatic rings. The van der Waals surface area contributed by atoms with Crippen LogP contribution in [0.1, 0.15) is 24.8 Å². The molecule has 0 aromatic heterocycles. The SMILES string of the molecule is C=CCC1CC(OC)CCN1C(=O)OCc1ccccc1. The lowest BCUT2D eigenvalue weighted by atomic mass is 9.97. The smallest absolute Gasteiger partial charge is 0.410 e. The molecule has 4 heteroatoms. The molecule has 2 atom stereocenters. The number of carbonyl (C=O) groups excluding carboxylic acids is 1. The average molecular weight is 289 g/mol. The highest BCUT2D eigenvalue weighted by molar-refractivity contribution is 5.68. The molecule has 1 aromatic carbocycles. The minimum Gasteiger partial charge on any atom is -0.445 e. The maximum atomic E-state index is 12.3. The number of hydrogen-bond donors (Lipinski definition) is 0. The molecule has 1 heterocycles. The van der Waals surface area contributed by atoms with Crippen molar-refractivity contribution in [2.24, 2.45) is 0 Å². The molecule has 0 aliphatic carbocycles. The molecule has 0 N–H and O–H groups in total. The Morgan fingerprint density at radius 2 is 2.19 bits per heavy atom. The van der Waals surface area contributed by atoms with Gasteiger partial charge in [-0.1, -0.05) is 36.4 Å². The Morgan fingerprint density at radius 3 is 2.86 bits per heavy atom. The highest BCUT2D eigenvalue weighted by Crippen LogP contribution is 2.23. The first kappa shape index (κ1) is 15.6. The van der Waals surface area contributed by atoms with E-state index in [0.29, 0.717) is 13.2 Å². The van der Waals surface area contributed by atoms with E-state index in [4.69, 9.17) is 9.47 Å². The van der Waals surface area contributed by atoms with Crippen LogP contribution in [0.5, 0.6) is 0 Å². The molecule has 4 nitrogen and oxygen atoms in total. The Bertz CT molecular complexity index is 460. The second-order valence-electron chi connectivity index (χ2n) is 5.29. The van der Waals surface area contributed by atoms with E-state index < -0.39 is 0 Å². The van der Waals surface area contributed by atoms with Gasteiger partial charge in [0.25, 0.3) is 0 Å². The van der Waals surface area contributed by atoms with Crippen LogP contribution < -0.4 is 0 Å². The van der Waals surface area contributed by atoms with Crippen LogP contribution in [0.3, 0.4) is 0 Å². The van der Waals surface area contributed by atoms with Crippen molar-refractivity contribution < 1.29 is 14.3 Å². The summed E-state index contributed by atoms with van der Waals surface area (Å²) in [7, 11) is 1.72. The van der Waals surface area contributed by atoms with Gasteiger partial charge in [-0.3, -0.25) is 0 Å². The van der Waals surface area contributed by atoms with Crippen molar-refractivity contribution in [2.45, 2.75) is 38.0 Å². The number of carbonyl (C=O) groups is 1. The first-order chi connectivity index (χ1) is 10.2. The van der Waals surface area contributed by atoms with Crippen LogP contribution in [-0.4, -0.2) is 36.8 Å². The summed E-state index contributed by atoms with van der Waals surface area (Å²) >= 11 is 0. The Hall–Kier alpha value is -1.81. The van der Waals surface area contributed by atoms with Crippen LogP contribution in [0, 0.1) is 0 Å². The minimum absolute atomic E-state index is 0.115. The number of hydrogen-bond acceptors (Lipinski definition) is 3. The molecule has 0 radical (unpaired) electrons. The van der Waals surface area contributed by atoms with Crippen molar-refractivity contribution in [1.29, 1.82) is 0 Å². The van der Waals surface area contributed by atoms with E-state index in [9.17, 15) is 4.79 Å². The van der Waals surface area contributed by atoms with Crippen LogP contribution >= 0.6 is 0 Å². The molecular weight excluding hydrogens is 266 g/mol. The van der Waals surface area contributed by atoms with Gasteiger partial charge in [0.2, 0.25) is 0 Å². The summed E-state index contributed by atoms with van der Waals surface area (Å²) in [5, 5.41) is 0. The highest BCUT2D eigenvalue weighted by Gasteiger charge is 2.31. The number of methoxy groups -OCH3 is 1. The molecule has 1 aliphatic heterocycles. The van der Waals surface area contributed by atoms with Crippen molar-refractivity contribution in [1.82, 2.24) is 4.90 Å². The van der Waals surface area contributed by atoms with E-state index in [2.05, 4.69) is 6.58 Å². The lowest BCUT2D eigenvalue weighted by molar-refractivity contribution is 0.00623. The number of likely N-dealkylation sites (tertiary alicyclic amines) is 1. The van der Waals surface area contributed by atoms with Crippen LogP contribution in [0.2, 0.25) is 0 Å². The fourth-order valence-electron chi connectivity index (χ4n) is 2.69. The van der Waals surface area contributed by atoms with Gasteiger partial charge in [-0.15, -0.1) is 6.58 Å². The van der Waals surface area contributed by atoms with E-state index in [-0.39, 0.29) is 18.2 Å². The Morgan fingerprint density at radius 1 is 1.43 bits per heavy atom. The van der Waals surface area contributed by atoms with E-state index in [1.165, 1.54) is 0 Å². The van der Waals surface area contributed by atoms with Gasteiger partial charge in [0.15, 0.2) is 0 Å². The molecule has 1 fully saturated rings. The molecular formula is C17H23NO3. The van der Waals surface area contributed by atoms with Gasteiger partial charge in [0.05, 0.1) is 6.10 Å². The van der Waals surface area contributed by atoms with Crippen LogP contribution in [0.4, 0.5) is 4.79 Å². The summed E-state index contributed by atoms with van der Waals surface area (Å²) in [5.74, 6) is 0. The standard InChI is InChI=1S/C17H23NO3/c1-3-7-15-12-16(20-2)10-11-18(15)17(19)21-13-14-8-5-4-6-9-14/h3-6,8-9,15-16H,1,7,10-13H2,2H3. The molecule has 0 bridgehead atoms. The van der Waals surface area contributed by atoms with Crippen molar-refractivity contribution in [2.75, 3.05) is 13.7 Å². The zero-order valence-electron chi connectivity index (χ0n) is 12.5. The number of rotatable bonds is 5. The van der Waals surface area contributed by atoms with Gasteiger partial charge in [-0.05, 0) is 24.8 Å². The Kier molecular flexibility index (Phi) is 5.81. The third kappa shape index (κ3) is 4.33. The largest absolute Gasteiger partial charge is 0.445 e. The molecule has 114 valence electrons. The highest BCUT2D eigenvalue weighted by atomic mass is 16.6. The zero-order chi connectivity index (χ0) is 15.1. The fraction of sp³-hybridized carbons (Fsp3) is 0.471. The van der Waals surface area contributed by atoms with Gasteiger partial charge in [-0.2, -0.15) is 0 Å². The first-order valence-corrected chi connectivity index (χ1v) is 7.35. The third-order valence-corrected chi connectivity index (χ3v) is 3.88. The van der Waals surface area contributed by atoms with Crippen LogP contribution in [0.25, 0.3) is 0 Å². The quantitative estimate of drug-likeness (QED) is 0.780. The summed E-state index contributed by atoms with van der Waals surface area (Å²) in [6, 6.07) is 9.84. The summed E-state index contributed by atoms with van der Waals surface area (Å²) in [5.41, 5.74) is 0.998. The van der Waals surface area contributed by atoms with Gasteiger partial charge in [0.1, 0.15) is 6.61 Å². The van der Waals surface area contributed by atoms with Gasteiger partial charge >= 0.3 is 6.09 Å². The Balaban J connectivity index is 1.91. The molecule has 1 aliphatic rings. The molecule has 0 saturated carbocycles. The van der Waals surface area contributed by atoms with Gasteiger partial charge in [0, 0.05) is 19.7 Å². The number of nitrogens with zero attached hydrogens (tertiary/aromatic N) is 1. The van der Waals surface area contributed by atoms with E-state index in [1.54, 1.807) is 12.0 Å². The number of piperidine rings is 1. The third-order valence-electron chi connectivity index (χ3n) is 3.88. The van der Waals surface area contributed by atoms with E-state index in [0.717, 1.165) is 24.8 Å². The fourth-order valence-corrected chi connectivity index (χ4v) is 2.69.